The zero-order valence-corrected chi connectivity index (χ0v) is 12.6. The average Bonchev–Trinajstić information content (AvgIpc) is 2.89. The van der Waals surface area contributed by atoms with Crippen LogP contribution in [0.5, 0.6) is 0 Å². The molecule has 1 rings (SSSR count). The lowest BCUT2D eigenvalue weighted by Gasteiger charge is -2.16. The van der Waals surface area contributed by atoms with Gasteiger partial charge in [0.2, 0.25) is 5.91 Å². The van der Waals surface area contributed by atoms with Gasteiger partial charge in [-0.3, -0.25) is 4.79 Å². The summed E-state index contributed by atoms with van der Waals surface area (Å²) in [7, 11) is 0. The standard InChI is InChI=1S/C9H17NO2.C6H9NO/c1-4-9(11)12-8-7-10(5-2)6-3;1-2-7-5-3-4-6(7)8/h4H,1,5-8H2,2-3H3;2H,1,3-5H2. The summed E-state index contributed by atoms with van der Waals surface area (Å²) in [5, 5.41) is 0. The maximum Gasteiger partial charge on any atom is 0.330 e. The third kappa shape index (κ3) is 7.74. The topological polar surface area (TPSA) is 49.9 Å². The largest absolute Gasteiger partial charge is 0.461 e. The number of carbonyl (C=O) groups excluding carboxylic acids is 2. The van der Waals surface area contributed by atoms with Crippen LogP contribution in [0.15, 0.2) is 25.4 Å². The van der Waals surface area contributed by atoms with Crippen LogP contribution in [0.2, 0.25) is 0 Å². The normalized spacial score (nSPS) is 13.8. The molecule has 0 unspecified atom stereocenters. The summed E-state index contributed by atoms with van der Waals surface area (Å²) in [6.07, 6.45) is 4.47. The fourth-order valence-corrected chi connectivity index (χ4v) is 1.74. The molecule has 20 heavy (non-hydrogen) atoms. The minimum Gasteiger partial charge on any atom is -0.461 e. The molecule has 0 radical (unpaired) electrons. The first kappa shape index (κ1) is 18.4. The van der Waals surface area contributed by atoms with Crippen LogP contribution in [0.1, 0.15) is 26.7 Å². The minimum atomic E-state index is -0.345. The molecule has 0 saturated carbocycles. The van der Waals surface area contributed by atoms with Crippen molar-refractivity contribution in [2.75, 3.05) is 32.8 Å². The van der Waals surface area contributed by atoms with Crippen molar-refractivity contribution in [3.63, 3.8) is 0 Å². The number of likely N-dealkylation sites (N-methyl/N-ethyl adjacent to an activating group) is 1. The molecule has 0 aromatic carbocycles. The first-order valence-corrected chi connectivity index (χ1v) is 7.02. The van der Waals surface area contributed by atoms with Crippen LogP contribution in [0.25, 0.3) is 0 Å². The summed E-state index contributed by atoms with van der Waals surface area (Å²) in [4.78, 5) is 25.1. The van der Waals surface area contributed by atoms with Crippen molar-refractivity contribution >= 4 is 11.9 Å². The van der Waals surface area contributed by atoms with E-state index < -0.39 is 0 Å². The van der Waals surface area contributed by atoms with Gasteiger partial charge in [0.15, 0.2) is 0 Å². The molecule has 1 saturated heterocycles. The van der Waals surface area contributed by atoms with E-state index in [0.29, 0.717) is 13.0 Å². The van der Waals surface area contributed by atoms with Crippen molar-refractivity contribution in [1.29, 1.82) is 0 Å². The smallest absolute Gasteiger partial charge is 0.330 e. The number of likely N-dealkylation sites (tertiary alicyclic amines) is 1. The van der Waals surface area contributed by atoms with Crippen LogP contribution in [-0.2, 0) is 14.3 Å². The van der Waals surface area contributed by atoms with Gasteiger partial charge >= 0.3 is 5.97 Å². The molecular weight excluding hydrogens is 256 g/mol. The van der Waals surface area contributed by atoms with Gasteiger partial charge in [0.05, 0.1) is 0 Å². The molecule has 0 atom stereocenters. The van der Waals surface area contributed by atoms with Crippen LogP contribution in [0.4, 0.5) is 0 Å². The molecule has 114 valence electrons. The van der Waals surface area contributed by atoms with Crippen molar-refractivity contribution in [1.82, 2.24) is 9.80 Å². The van der Waals surface area contributed by atoms with Gasteiger partial charge in [-0.2, -0.15) is 0 Å². The lowest BCUT2D eigenvalue weighted by Crippen LogP contribution is -2.27. The maximum atomic E-state index is 10.7. The van der Waals surface area contributed by atoms with Gasteiger partial charge in [-0.05, 0) is 25.7 Å². The highest BCUT2D eigenvalue weighted by Crippen LogP contribution is 2.08. The molecule has 5 heteroatoms. The summed E-state index contributed by atoms with van der Waals surface area (Å²) >= 11 is 0. The molecule has 0 aromatic rings. The third-order valence-electron chi connectivity index (χ3n) is 3.04. The summed E-state index contributed by atoms with van der Waals surface area (Å²) < 4.78 is 4.83. The zero-order valence-electron chi connectivity index (χ0n) is 12.6. The van der Waals surface area contributed by atoms with Crippen molar-refractivity contribution in [2.45, 2.75) is 26.7 Å². The van der Waals surface area contributed by atoms with E-state index in [-0.39, 0.29) is 11.9 Å². The first-order valence-electron chi connectivity index (χ1n) is 7.02. The summed E-state index contributed by atoms with van der Waals surface area (Å²) in [5.74, 6) is -0.137. The highest BCUT2D eigenvalue weighted by molar-refractivity contribution is 5.81. The van der Waals surface area contributed by atoms with Gasteiger partial charge in [0.25, 0.3) is 0 Å². The number of esters is 1. The Labute approximate surface area is 121 Å². The Hall–Kier alpha value is -1.62. The molecular formula is C15H26N2O3. The number of rotatable bonds is 7. The Morgan fingerprint density at radius 3 is 2.40 bits per heavy atom. The van der Waals surface area contributed by atoms with Crippen LogP contribution in [0.3, 0.4) is 0 Å². The quantitative estimate of drug-likeness (QED) is 0.528. The highest BCUT2D eigenvalue weighted by Gasteiger charge is 2.15. The number of hydrogen-bond donors (Lipinski definition) is 0. The van der Waals surface area contributed by atoms with Gasteiger partial charge in [-0.25, -0.2) is 4.79 Å². The van der Waals surface area contributed by atoms with Gasteiger partial charge in [0.1, 0.15) is 6.61 Å². The fourth-order valence-electron chi connectivity index (χ4n) is 1.74. The van der Waals surface area contributed by atoms with E-state index in [1.54, 1.807) is 11.1 Å². The van der Waals surface area contributed by atoms with Gasteiger partial charge in [-0.15, -0.1) is 0 Å². The maximum absolute atomic E-state index is 10.7. The van der Waals surface area contributed by atoms with E-state index in [2.05, 4.69) is 31.9 Å². The molecule has 0 aliphatic carbocycles. The lowest BCUT2D eigenvalue weighted by molar-refractivity contribution is -0.138. The number of ether oxygens (including phenoxy) is 1. The van der Waals surface area contributed by atoms with Gasteiger partial charge in [-0.1, -0.05) is 27.0 Å². The molecule has 1 heterocycles. The Morgan fingerprint density at radius 2 is 2.05 bits per heavy atom. The molecule has 0 N–H and O–H groups in total. The van der Waals surface area contributed by atoms with E-state index in [1.165, 1.54) is 6.08 Å². The molecule has 0 bridgehead atoms. The molecule has 5 nitrogen and oxygen atoms in total. The summed E-state index contributed by atoms with van der Waals surface area (Å²) in [5.41, 5.74) is 0. The van der Waals surface area contributed by atoms with Gasteiger partial charge in [0, 0.05) is 25.6 Å². The van der Waals surface area contributed by atoms with Crippen molar-refractivity contribution < 1.29 is 14.3 Å². The number of hydrogen-bond acceptors (Lipinski definition) is 4. The highest BCUT2D eigenvalue weighted by atomic mass is 16.5. The minimum absolute atomic E-state index is 0.208. The second-order valence-electron chi connectivity index (χ2n) is 4.27. The van der Waals surface area contributed by atoms with Crippen LogP contribution < -0.4 is 0 Å². The van der Waals surface area contributed by atoms with Crippen molar-refractivity contribution in [3.8, 4) is 0 Å². The average molecular weight is 282 g/mol. The molecule has 1 aliphatic rings. The van der Waals surface area contributed by atoms with Crippen molar-refractivity contribution in [3.05, 3.63) is 25.4 Å². The Balaban J connectivity index is 0.000000388. The SMILES string of the molecule is C=CC(=O)OCCN(CC)CC.C=CN1CCCC1=O. The molecule has 1 fully saturated rings. The van der Waals surface area contributed by atoms with E-state index in [0.717, 1.165) is 32.6 Å². The Morgan fingerprint density at radius 1 is 1.40 bits per heavy atom. The predicted octanol–water partition coefficient (Wildman–Crippen LogP) is 1.81. The van der Waals surface area contributed by atoms with Crippen LogP contribution in [0, 0.1) is 0 Å². The monoisotopic (exact) mass is 282 g/mol. The summed E-state index contributed by atoms with van der Waals surface area (Å²) in [6, 6.07) is 0. The van der Waals surface area contributed by atoms with E-state index in [1.807, 2.05) is 0 Å². The molecule has 1 amide bonds. The number of carbonyl (C=O) groups is 2. The molecule has 0 spiro atoms. The zero-order chi connectivity index (χ0) is 15.4. The first-order chi connectivity index (χ1) is 9.58. The van der Waals surface area contributed by atoms with Crippen LogP contribution >= 0.6 is 0 Å². The number of amides is 1. The Bertz CT molecular complexity index is 325. The lowest BCUT2D eigenvalue weighted by atomic mass is 10.4. The van der Waals surface area contributed by atoms with E-state index >= 15 is 0 Å². The van der Waals surface area contributed by atoms with E-state index in [9.17, 15) is 9.59 Å². The Kier molecular flexibility index (Phi) is 10.3. The summed E-state index contributed by atoms with van der Waals surface area (Å²) in [6.45, 7) is 15.1. The van der Waals surface area contributed by atoms with Crippen LogP contribution in [-0.4, -0.2) is 54.5 Å². The van der Waals surface area contributed by atoms with Crippen molar-refractivity contribution in [2.24, 2.45) is 0 Å². The predicted molar refractivity (Wildman–Crippen MR) is 80.1 cm³/mol. The van der Waals surface area contributed by atoms with Gasteiger partial charge < -0.3 is 14.5 Å². The second kappa shape index (κ2) is 11.2. The third-order valence-corrected chi connectivity index (χ3v) is 3.04. The fraction of sp³-hybridized carbons (Fsp3) is 0.600. The number of nitrogens with zero attached hydrogens (tertiary/aromatic N) is 2. The second-order valence-corrected chi connectivity index (χ2v) is 4.27. The molecule has 1 aliphatic heterocycles. The van der Waals surface area contributed by atoms with E-state index in [4.69, 9.17) is 4.74 Å². The molecule has 0 aromatic heterocycles.